The molecule has 0 aromatic carbocycles. The van der Waals surface area contributed by atoms with Gasteiger partial charge in [0.1, 0.15) is 17.8 Å². The van der Waals surface area contributed by atoms with E-state index in [1.165, 1.54) is 22.9 Å². The van der Waals surface area contributed by atoms with E-state index in [1.54, 1.807) is 20.8 Å². The average molecular weight is 583 g/mol. The molecule has 2 aliphatic heterocycles. The first kappa shape index (κ1) is 31.7. The molecule has 10 nitrogen and oxygen atoms in total. The van der Waals surface area contributed by atoms with E-state index < -0.39 is 58.4 Å². The van der Waals surface area contributed by atoms with E-state index in [9.17, 15) is 14.4 Å². The molecule has 0 unspecified atom stereocenters. The summed E-state index contributed by atoms with van der Waals surface area (Å²) in [7, 11) is -5.86. The Morgan fingerprint density at radius 2 is 1.59 bits per heavy atom. The fraction of sp³-hybridized carbons (Fsp3) is 0.741. The van der Waals surface area contributed by atoms with E-state index in [0.717, 1.165) is 0 Å². The third-order valence-electron chi connectivity index (χ3n) is 7.37. The summed E-state index contributed by atoms with van der Waals surface area (Å²) in [4.78, 5) is 40.0. The number of aromatic nitrogens is 2. The van der Waals surface area contributed by atoms with Crippen LogP contribution in [0.1, 0.15) is 82.4 Å². The predicted octanol–water partition coefficient (Wildman–Crippen LogP) is 4.66. The standard InChI is InChI=1S/C27H46N2O8Si2/c1-16(2)38(17(3)4)33-15-21-24(36-39(37-38,18(5)6)19(7)8)20(14-23(31)35-27(9,10)11)25(34-21)29-13-12-22(30)28-26(29)32/h12-14,16-19,21,24-25H,15H2,1-11H3,(H,28,30,32)/b20-14+/t21-,24+,25-/m1/s1. The molecule has 2 fully saturated rings. The van der Waals surface area contributed by atoms with E-state index in [2.05, 4.69) is 60.4 Å². The number of hydrogen-bond donors (Lipinski definition) is 1. The van der Waals surface area contributed by atoms with E-state index in [-0.39, 0.29) is 28.8 Å². The van der Waals surface area contributed by atoms with Gasteiger partial charge in [-0.05, 0) is 42.9 Å². The maximum absolute atomic E-state index is 13.1. The molecule has 1 aromatic heterocycles. The summed E-state index contributed by atoms with van der Waals surface area (Å²) in [5.41, 5.74) is -1.06. The fourth-order valence-corrected chi connectivity index (χ4v) is 16.7. The lowest BCUT2D eigenvalue weighted by Crippen LogP contribution is -2.65. The van der Waals surface area contributed by atoms with Gasteiger partial charge in [-0.2, -0.15) is 0 Å². The Kier molecular flexibility index (Phi) is 9.40. The molecule has 0 aliphatic carbocycles. The van der Waals surface area contributed by atoms with Crippen molar-refractivity contribution in [1.82, 2.24) is 9.55 Å². The zero-order valence-electron chi connectivity index (χ0n) is 25.2. The quantitative estimate of drug-likeness (QED) is 0.292. The van der Waals surface area contributed by atoms with Crippen LogP contribution in [0.2, 0.25) is 22.2 Å². The van der Waals surface area contributed by atoms with Crippen molar-refractivity contribution in [2.24, 2.45) is 0 Å². The first-order valence-corrected chi connectivity index (χ1v) is 17.8. The molecule has 1 N–H and O–H groups in total. The van der Waals surface area contributed by atoms with Crippen LogP contribution in [0.25, 0.3) is 0 Å². The number of rotatable bonds is 6. The highest BCUT2D eigenvalue weighted by Gasteiger charge is 2.61. The van der Waals surface area contributed by atoms with Crippen LogP contribution >= 0.6 is 0 Å². The number of ether oxygens (including phenoxy) is 2. The van der Waals surface area contributed by atoms with Crippen LogP contribution in [0, 0.1) is 0 Å². The minimum absolute atomic E-state index is 0.0573. The lowest BCUT2D eigenvalue weighted by molar-refractivity contribution is -0.148. The number of nitrogens with zero attached hydrogens (tertiary/aromatic N) is 1. The van der Waals surface area contributed by atoms with Crippen molar-refractivity contribution in [3.05, 3.63) is 44.8 Å². The monoisotopic (exact) mass is 582 g/mol. The van der Waals surface area contributed by atoms with Crippen molar-refractivity contribution in [2.45, 2.75) is 122 Å². The summed E-state index contributed by atoms with van der Waals surface area (Å²) in [5.74, 6) is -0.578. The summed E-state index contributed by atoms with van der Waals surface area (Å²) in [5, 5.41) is 0. The number of fused-ring (bicyclic) bond motifs is 1. The van der Waals surface area contributed by atoms with Crippen LogP contribution < -0.4 is 11.2 Å². The largest absolute Gasteiger partial charge is 0.457 e. The van der Waals surface area contributed by atoms with E-state index in [4.69, 9.17) is 22.4 Å². The molecule has 220 valence electrons. The number of carbonyl (C=O) groups excluding carboxylic acids is 1. The molecular weight excluding hydrogens is 536 g/mol. The molecule has 0 radical (unpaired) electrons. The molecule has 0 bridgehead atoms. The minimum atomic E-state index is -3.04. The van der Waals surface area contributed by atoms with Crippen molar-refractivity contribution in [3.63, 3.8) is 0 Å². The van der Waals surface area contributed by atoms with Crippen molar-refractivity contribution >= 4 is 23.1 Å². The Bertz CT molecular complexity index is 1170. The second kappa shape index (κ2) is 11.6. The molecule has 3 heterocycles. The zero-order valence-corrected chi connectivity index (χ0v) is 27.2. The second-order valence-electron chi connectivity index (χ2n) is 12.7. The Morgan fingerprint density at radius 3 is 2.08 bits per heavy atom. The third-order valence-corrected chi connectivity index (χ3v) is 17.6. The first-order chi connectivity index (χ1) is 17.9. The van der Waals surface area contributed by atoms with Gasteiger partial charge >= 0.3 is 28.8 Å². The summed E-state index contributed by atoms with van der Waals surface area (Å²) in [6.07, 6.45) is 0.389. The normalized spacial score (nSPS) is 26.2. The van der Waals surface area contributed by atoms with E-state index in [1.807, 2.05) is 0 Å². The van der Waals surface area contributed by atoms with Gasteiger partial charge in [0, 0.05) is 23.9 Å². The Hall–Kier alpha value is -1.84. The highest BCUT2D eigenvalue weighted by molar-refractivity contribution is 6.84. The molecule has 2 aliphatic rings. The number of H-pyrrole nitrogens is 1. The lowest BCUT2D eigenvalue weighted by atomic mass is 10.1. The maximum atomic E-state index is 13.1. The van der Waals surface area contributed by atoms with Gasteiger partial charge in [0.2, 0.25) is 0 Å². The Labute approximate surface area is 233 Å². The molecule has 1 aromatic rings. The van der Waals surface area contributed by atoms with Gasteiger partial charge in [-0.3, -0.25) is 14.3 Å². The average Bonchev–Trinajstić information content (AvgIpc) is 3.07. The maximum Gasteiger partial charge on any atom is 0.335 e. The third kappa shape index (κ3) is 6.41. The predicted molar refractivity (Wildman–Crippen MR) is 153 cm³/mol. The van der Waals surface area contributed by atoms with Crippen LogP contribution in [-0.4, -0.2) is 57.1 Å². The highest BCUT2D eigenvalue weighted by Crippen LogP contribution is 2.49. The van der Waals surface area contributed by atoms with Crippen LogP contribution in [0.3, 0.4) is 0 Å². The molecule has 3 atom stereocenters. The van der Waals surface area contributed by atoms with Crippen LogP contribution in [-0.2, 0) is 27.2 Å². The SMILES string of the molecule is CC(C)[Si]1(C(C)C)OC[C@H]2O[C@@H](n3ccc(=O)[nH]c3=O)/C(=C/C(=O)OC(C)(C)C)[C@@H]2O[Si](C(C)C)(C(C)C)O1. The van der Waals surface area contributed by atoms with Gasteiger partial charge in [-0.1, -0.05) is 55.4 Å². The Balaban J connectivity index is 2.23. The number of hydrogen-bond acceptors (Lipinski definition) is 8. The van der Waals surface area contributed by atoms with Gasteiger partial charge in [0.05, 0.1) is 6.61 Å². The van der Waals surface area contributed by atoms with Gasteiger partial charge in [0.15, 0.2) is 6.23 Å². The van der Waals surface area contributed by atoms with Crippen molar-refractivity contribution < 1.29 is 27.2 Å². The van der Waals surface area contributed by atoms with Crippen LogP contribution in [0.15, 0.2) is 33.5 Å². The van der Waals surface area contributed by atoms with Gasteiger partial charge in [-0.25, -0.2) is 9.59 Å². The summed E-state index contributed by atoms with van der Waals surface area (Å²) in [6.45, 7) is 22.5. The highest BCUT2D eigenvalue weighted by atomic mass is 28.5. The smallest absolute Gasteiger partial charge is 0.335 e. The zero-order chi connectivity index (χ0) is 29.5. The summed E-state index contributed by atoms with van der Waals surface area (Å²) in [6, 6.07) is 1.24. The molecular formula is C27H46N2O8Si2. The first-order valence-electron chi connectivity index (χ1n) is 13.9. The van der Waals surface area contributed by atoms with Crippen molar-refractivity contribution in [3.8, 4) is 0 Å². The van der Waals surface area contributed by atoms with E-state index in [0.29, 0.717) is 5.57 Å². The van der Waals surface area contributed by atoms with Gasteiger partial charge in [0.25, 0.3) is 5.56 Å². The van der Waals surface area contributed by atoms with Crippen molar-refractivity contribution in [1.29, 1.82) is 0 Å². The number of esters is 1. The second-order valence-corrected chi connectivity index (χ2v) is 21.6. The molecule has 0 amide bonds. The fourth-order valence-electron chi connectivity index (χ4n) is 5.52. The summed E-state index contributed by atoms with van der Waals surface area (Å²) < 4.78 is 34.5. The number of aromatic amines is 1. The number of carbonyl (C=O) groups is 1. The molecule has 0 saturated carbocycles. The molecule has 2 saturated heterocycles. The van der Waals surface area contributed by atoms with Crippen LogP contribution in [0.4, 0.5) is 0 Å². The van der Waals surface area contributed by atoms with Crippen molar-refractivity contribution in [2.75, 3.05) is 6.61 Å². The molecule has 3 rings (SSSR count). The molecule has 12 heteroatoms. The van der Waals surface area contributed by atoms with E-state index >= 15 is 0 Å². The topological polar surface area (TPSA) is 118 Å². The van der Waals surface area contributed by atoms with Gasteiger partial charge < -0.3 is 22.4 Å². The van der Waals surface area contributed by atoms with Crippen LogP contribution in [0.5, 0.6) is 0 Å². The molecule has 39 heavy (non-hydrogen) atoms. The Morgan fingerprint density at radius 1 is 1.03 bits per heavy atom. The number of nitrogens with one attached hydrogen (secondary N) is 1. The summed E-state index contributed by atoms with van der Waals surface area (Å²) >= 11 is 0. The lowest BCUT2D eigenvalue weighted by Gasteiger charge is -2.51. The molecule has 0 spiro atoms. The van der Waals surface area contributed by atoms with Gasteiger partial charge in [-0.15, -0.1) is 0 Å². The minimum Gasteiger partial charge on any atom is -0.457 e.